The SMILES string of the molecule is CCNC(=NCC(O)c1cc2ccccc2s1)NCCc1nc(C(C)C)no1.I. The maximum absolute atomic E-state index is 10.5. The van der Waals surface area contributed by atoms with E-state index >= 15 is 0 Å². The van der Waals surface area contributed by atoms with Crippen LogP contribution in [0.2, 0.25) is 0 Å². The van der Waals surface area contributed by atoms with E-state index in [2.05, 4.69) is 37.9 Å². The van der Waals surface area contributed by atoms with Crippen molar-refractivity contribution in [3.8, 4) is 0 Å². The molecule has 1 atom stereocenters. The Kier molecular flexibility index (Phi) is 9.31. The van der Waals surface area contributed by atoms with Crippen LogP contribution in [0.25, 0.3) is 10.1 Å². The number of aliphatic hydroxyl groups is 1. The standard InChI is InChI=1S/C20H27N5O2S.HI/c1-4-21-20(22-10-9-18-24-19(13(2)3)25-27-18)23-12-15(26)17-11-14-7-5-6-8-16(14)28-17;/h5-8,11,13,15,26H,4,9-10,12H2,1-3H3,(H2,21,22,23);1H. The molecule has 0 fully saturated rings. The molecule has 29 heavy (non-hydrogen) atoms. The summed E-state index contributed by atoms with van der Waals surface area (Å²) in [6.45, 7) is 7.72. The summed E-state index contributed by atoms with van der Waals surface area (Å²) in [6, 6.07) is 10.2. The fraction of sp³-hybridized carbons (Fsp3) is 0.450. The van der Waals surface area contributed by atoms with Crippen molar-refractivity contribution in [1.82, 2.24) is 20.8 Å². The second-order valence-electron chi connectivity index (χ2n) is 6.80. The molecule has 2 aromatic heterocycles. The van der Waals surface area contributed by atoms with E-state index in [1.165, 1.54) is 4.70 Å². The van der Waals surface area contributed by atoms with Crippen LogP contribution in [0.1, 0.15) is 49.4 Å². The molecule has 2 heterocycles. The number of hydrogen-bond acceptors (Lipinski definition) is 6. The highest BCUT2D eigenvalue weighted by Crippen LogP contribution is 2.29. The second-order valence-corrected chi connectivity index (χ2v) is 7.92. The zero-order valence-electron chi connectivity index (χ0n) is 16.9. The molecule has 1 unspecified atom stereocenters. The molecule has 3 aromatic rings. The normalized spacial score (nSPS) is 12.8. The lowest BCUT2D eigenvalue weighted by atomic mass is 10.2. The van der Waals surface area contributed by atoms with Crippen LogP contribution >= 0.6 is 35.3 Å². The van der Waals surface area contributed by atoms with Gasteiger partial charge in [-0.05, 0) is 24.4 Å². The molecule has 3 N–H and O–H groups in total. The predicted molar refractivity (Wildman–Crippen MR) is 128 cm³/mol. The fourth-order valence-electron chi connectivity index (χ4n) is 2.67. The lowest BCUT2D eigenvalue weighted by molar-refractivity contribution is 0.191. The topological polar surface area (TPSA) is 95.6 Å². The maximum atomic E-state index is 10.5. The number of hydrogen-bond donors (Lipinski definition) is 3. The van der Waals surface area contributed by atoms with E-state index in [1.807, 2.05) is 39.0 Å². The summed E-state index contributed by atoms with van der Waals surface area (Å²) in [6.07, 6.45) is -0.0133. The molecule has 7 nitrogen and oxygen atoms in total. The monoisotopic (exact) mass is 529 g/mol. The molecule has 3 rings (SSSR count). The highest BCUT2D eigenvalue weighted by atomic mass is 127. The number of rotatable bonds is 8. The van der Waals surface area contributed by atoms with Crippen molar-refractivity contribution in [3.63, 3.8) is 0 Å². The summed E-state index contributed by atoms with van der Waals surface area (Å²) in [5, 5.41) is 22.1. The van der Waals surface area contributed by atoms with E-state index < -0.39 is 6.10 Å². The van der Waals surface area contributed by atoms with Crippen molar-refractivity contribution in [3.05, 3.63) is 46.9 Å². The number of aliphatic hydroxyl groups excluding tert-OH is 1. The molecule has 0 amide bonds. The second kappa shape index (κ2) is 11.5. The van der Waals surface area contributed by atoms with Gasteiger partial charge in [0.2, 0.25) is 5.89 Å². The summed E-state index contributed by atoms with van der Waals surface area (Å²) >= 11 is 1.60. The van der Waals surface area contributed by atoms with Gasteiger partial charge in [-0.2, -0.15) is 4.98 Å². The fourth-order valence-corrected chi connectivity index (χ4v) is 3.71. The highest BCUT2D eigenvalue weighted by Gasteiger charge is 2.12. The number of aromatic nitrogens is 2. The summed E-state index contributed by atoms with van der Waals surface area (Å²) < 4.78 is 6.42. The first-order chi connectivity index (χ1) is 13.6. The van der Waals surface area contributed by atoms with Crippen molar-refractivity contribution in [2.24, 2.45) is 4.99 Å². The van der Waals surface area contributed by atoms with Crippen molar-refractivity contribution in [1.29, 1.82) is 0 Å². The Labute approximate surface area is 192 Å². The van der Waals surface area contributed by atoms with Crippen molar-refractivity contribution in [2.45, 2.75) is 39.2 Å². The molecule has 0 aliphatic heterocycles. The van der Waals surface area contributed by atoms with E-state index in [4.69, 9.17) is 4.52 Å². The predicted octanol–water partition coefficient (Wildman–Crippen LogP) is 3.86. The third kappa shape index (κ3) is 6.65. The molecular weight excluding hydrogens is 501 g/mol. The van der Waals surface area contributed by atoms with Gasteiger partial charge in [0, 0.05) is 35.0 Å². The number of fused-ring (bicyclic) bond motifs is 1. The molecule has 0 aliphatic rings. The molecule has 0 bridgehead atoms. The number of thiophene rings is 1. The average molecular weight is 529 g/mol. The molecule has 0 saturated carbocycles. The molecule has 0 radical (unpaired) electrons. The Morgan fingerprint density at radius 1 is 1.28 bits per heavy atom. The lowest BCUT2D eigenvalue weighted by Crippen LogP contribution is -2.38. The number of guanidine groups is 1. The molecule has 0 aliphatic carbocycles. The Balaban J connectivity index is 0.00000300. The number of halogens is 1. The number of nitrogens with one attached hydrogen (secondary N) is 2. The van der Waals surface area contributed by atoms with Gasteiger partial charge in [-0.3, -0.25) is 4.99 Å². The van der Waals surface area contributed by atoms with Gasteiger partial charge in [0.25, 0.3) is 0 Å². The van der Waals surface area contributed by atoms with E-state index in [1.54, 1.807) is 11.3 Å². The Bertz CT molecular complexity index is 891. The van der Waals surface area contributed by atoms with Crippen molar-refractivity contribution >= 4 is 51.4 Å². The summed E-state index contributed by atoms with van der Waals surface area (Å²) in [4.78, 5) is 9.80. The maximum Gasteiger partial charge on any atom is 0.228 e. The Morgan fingerprint density at radius 3 is 2.76 bits per heavy atom. The Hall–Kier alpha value is -1.72. The first kappa shape index (κ1) is 23.6. The zero-order valence-corrected chi connectivity index (χ0v) is 20.0. The molecule has 0 saturated heterocycles. The van der Waals surface area contributed by atoms with Crippen LogP contribution in [0.15, 0.2) is 39.8 Å². The van der Waals surface area contributed by atoms with Crippen molar-refractivity contribution < 1.29 is 9.63 Å². The van der Waals surface area contributed by atoms with Crippen LogP contribution < -0.4 is 10.6 Å². The largest absolute Gasteiger partial charge is 0.386 e. The smallest absolute Gasteiger partial charge is 0.228 e. The van der Waals surface area contributed by atoms with E-state index in [-0.39, 0.29) is 29.9 Å². The zero-order chi connectivity index (χ0) is 19.9. The molecule has 9 heteroatoms. The summed E-state index contributed by atoms with van der Waals surface area (Å²) in [7, 11) is 0. The van der Waals surface area contributed by atoms with Gasteiger partial charge in [-0.1, -0.05) is 37.2 Å². The Morgan fingerprint density at radius 2 is 2.07 bits per heavy atom. The van der Waals surface area contributed by atoms with Gasteiger partial charge in [0.1, 0.15) is 6.10 Å². The van der Waals surface area contributed by atoms with Crippen molar-refractivity contribution in [2.75, 3.05) is 19.6 Å². The first-order valence-electron chi connectivity index (χ1n) is 9.58. The quantitative estimate of drug-likeness (QED) is 0.233. The molecule has 0 spiro atoms. The van der Waals surface area contributed by atoms with Crippen LogP contribution in [0.4, 0.5) is 0 Å². The highest BCUT2D eigenvalue weighted by molar-refractivity contribution is 14.0. The van der Waals surface area contributed by atoms with Crippen LogP contribution in [0.5, 0.6) is 0 Å². The summed E-state index contributed by atoms with van der Waals surface area (Å²) in [5.74, 6) is 2.24. The molecular formula is C20H28IN5O2S. The molecule has 1 aromatic carbocycles. The van der Waals surface area contributed by atoms with Gasteiger partial charge in [-0.25, -0.2) is 0 Å². The van der Waals surface area contributed by atoms with Crippen LogP contribution in [-0.2, 0) is 6.42 Å². The van der Waals surface area contributed by atoms with Crippen LogP contribution in [-0.4, -0.2) is 40.8 Å². The van der Waals surface area contributed by atoms with Gasteiger partial charge in [-0.15, -0.1) is 35.3 Å². The van der Waals surface area contributed by atoms with E-state index in [0.29, 0.717) is 31.4 Å². The third-order valence-electron chi connectivity index (χ3n) is 4.17. The number of benzene rings is 1. The van der Waals surface area contributed by atoms with E-state index in [0.717, 1.165) is 22.6 Å². The average Bonchev–Trinajstić information content (AvgIpc) is 3.32. The first-order valence-corrected chi connectivity index (χ1v) is 10.4. The van der Waals surface area contributed by atoms with Crippen LogP contribution in [0.3, 0.4) is 0 Å². The molecule has 158 valence electrons. The minimum Gasteiger partial charge on any atom is -0.386 e. The van der Waals surface area contributed by atoms with E-state index in [9.17, 15) is 5.11 Å². The van der Waals surface area contributed by atoms with Crippen LogP contribution in [0, 0.1) is 0 Å². The van der Waals surface area contributed by atoms with Gasteiger partial charge in [0.15, 0.2) is 11.8 Å². The lowest BCUT2D eigenvalue weighted by Gasteiger charge is -2.12. The van der Waals surface area contributed by atoms with Gasteiger partial charge in [0.05, 0.1) is 6.54 Å². The number of nitrogens with zero attached hydrogens (tertiary/aromatic N) is 3. The van der Waals surface area contributed by atoms with Gasteiger partial charge < -0.3 is 20.3 Å². The summed E-state index contributed by atoms with van der Waals surface area (Å²) in [5.41, 5.74) is 0. The minimum absolute atomic E-state index is 0. The minimum atomic E-state index is -0.627. The van der Waals surface area contributed by atoms with Gasteiger partial charge >= 0.3 is 0 Å². The third-order valence-corrected chi connectivity index (χ3v) is 5.39. The number of aliphatic imine (C=N–C) groups is 1.